The Bertz CT molecular complexity index is 1070. The molecule has 2 heterocycles. The number of aromatic amines is 1. The number of aromatic hydroxyl groups is 1. The first-order valence-electron chi connectivity index (χ1n) is 9.16. The fraction of sp³-hybridized carbons (Fsp3) is 0.368. The van der Waals surface area contributed by atoms with E-state index in [-0.39, 0.29) is 35.1 Å². The van der Waals surface area contributed by atoms with E-state index in [9.17, 15) is 23.1 Å². The number of phenols is 1. The third-order valence-corrected chi connectivity index (χ3v) is 6.63. The average Bonchev–Trinajstić information content (AvgIpc) is 3.15. The number of amides is 1. The summed E-state index contributed by atoms with van der Waals surface area (Å²) in [7, 11) is -3.39. The van der Waals surface area contributed by atoms with Gasteiger partial charge in [-0.3, -0.25) is 9.10 Å². The number of carbonyl (C=O) groups is 2. The zero-order valence-corrected chi connectivity index (χ0v) is 17.2. The first kappa shape index (κ1) is 20.7. The van der Waals surface area contributed by atoms with Crippen molar-refractivity contribution in [2.45, 2.75) is 27.2 Å². The number of nitrogens with zero attached hydrogens (tertiary/aromatic N) is 1. The molecule has 29 heavy (non-hydrogen) atoms. The van der Waals surface area contributed by atoms with Crippen molar-refractivity contribution in [2.75, 3.05) is 28.5 Å². The molecule has 3 rings (SSSR count). The first-order valence-corrected chi connectivity index (χ1v) is 10.8. The van der Waals surface area contributed by atoms with Gasteiger partial charge in [-0.1, -0.05) is 0 Å². The summed E-state index contributed by atoms with van der Waals surface area (Å²) < 4.78 is 30.5. The fourth-order valence-corrected chi connectivity index (χ4v) is 4.94. The van der Waals surface area contributed by atoms with Crippen molar-refractivity contribution >= 4 is 33.3 Å². The Hall–Kier alpha value is -3.01. The van der Waals surface area contributed by atoms with E-state index in [0.717, 1.165) is 0 Å². The molecule has 0 atom stereocenters. The van der Waals surface area contributed by atoms with Gasteiger partial charge in [0.1, 0.15) is 11.4 Å². The van der Waals surface area contributed by atoms with Crippen molar-refractivity contribution in [1.82, 2.24) is 4.98 Å². The third kappa shape index (κ3) is 3.93. The number of H-pyrrole nitrogens is 1. The number of aromatic nitrogens is 1. The Balaban J connectivity index is 1.89. The number of esters is 1. The molecule has 0 bridgehead atoms. The molecule has 0 saturated carbocycles. The lowest BCUT2D eigenvalue weighted by Crippen LogP contribution is -2.25. The Morgan fingerprint density at radius 2 is 2.03 bits per heavy atom. The summed E-state index contributed by atoms with van der Waals surface area (Å²) >= 11 is 0. The SMILES string of the molecule is CCOC(=O)c1c(C)[nH]c(C(=O)Nc2cc(N3CCCS3(=O)=O)ccc2O)c1C. The Morgan fingerprint density at radius 3 is 2.66 bits per heavy atom. The van der Waals surface area contributed by atoms with Crippen LogP contribution in [0, 0.1) is 13.8 Å². The van der Waals surface area contributed by atoms with E-state index in [2.05, 4.69) is 10.3 Å². The molecule has 2 aromatic rings. The molecule has 1 aromatic heterocycles. The largest absolute Gasteiger partial charge is 0.506 e. The summed E-state index contributed by atoms with van der Waals surface area (Å²) in [5.41, 5.74) is 1.80. The van der Waals surface area contributed by atoms with Gasteiger partial charge in [-0.25, -0.2) is 13.2 Å². The van der Waals surface area contributed by atoms with E-state index >= 15 is 0 Å². The highest BCUT2D eigenvalue weighted by molar-refractivity contribution is 7.93. The number of benzene rings is 1. The van der Waals surface area contributed by atoms with E-state index in [1.165, 1.54) is 22.5 Å². The second-order valence-corrected chi connectivity index (χ2v) is 8.76. The van der Waals surface area contributed by atoms with Crippen LogP contribution in [0.4, 0.5) is 11.4 Å². The lowest BCUT2D eigenvalue weighted by molar-refractivity contribution is 0.0525. The van der Waals surface area contributed by atoms with Gasteiger partial charge in [0, 0.05) is 12.2 Å². The monoisotopic (exact) mass is 421 g/mol. The molecule has 1 aromatic carbocycles. The number of rotatable bonds is 5. The van der Waals surface area contributed by atoms with Crippen LogP contribution in [0.3, 0.4) is 0 Å². The van der Waals surface area contributed by atoms with Crippen molar-refractivity contribution in [3.05, 3.63) is 40.7 Å². The zero-order valence-electron chi connectivity index (χ0n) is 16.4. The van der Waals surface area contributed by atoms with Crippen molar-refractivity contribution < 1.29 is 27.9 Å². The Kier molecular flexibility index (Phi) is 5.56. The summed E-state index contributed by atoms with van der Waals surface area (Å²) in [6, 6.07) is 4.22. The molecule has 9 nitrogen and oxygen atoms in total. The van der Waals surface area contributed by atoms with Crippen molar-refractivity contribution in [3.63, 3.8) is 0 Å². The number of ether oxygens (including phenoxy) is 1. The van der Waals surface area contributed by atoms with Crippen LogP contribution in [0.2, 0.25) is 0 Å². The van der Waals surface area contributed by atoms with Crippen LogP contribution in [0.1, 0.15) is 45.4 Å². The van der Waals surface area contributed by atoms with E-state index in [1.54, 1.807) is 20.8 Å². The second kappa shape index (κ2) is 7.78. The first-order chi connectivity index (χ1) is 13.7. The van der Waals surface area contributed by atoms with Gasteiger partial charge in [0.2, 0.25) is 10.0 Å². The number of hydrogen-bond donors (Lipinski definition) is 3. The Morgan fingerprint density at radius 1 is 1.31 bits per heavy atom. The van der Waals surface area contributed by atoms with Gasteiger partial charge in [0.25, 0.3) is 5.91 Å². The van der Waals surface area contributed by atoms with Gasteiger partial charge in [0.15, 0.2) is 0 Å². The molecular weight excluding hydrogens is 398 g/mol. The van der Waals surface area contributed by atoms with Gasteiger partial charge in [-0.2, -0.15) is 0 Å². The summed E-state index contributed by atoms with van der Waals surface area (Å²) in [4.78, 5) is 27.7. The fourth-order valence-electron chi connectivity index (χ4n) is 3.38. The molecule has 0 radical (unpaired) electrons. The van der Waals surface area contributed by atoms with Gasteiger partial charge in [0.05, 0.1) is 29.3 Å². The summed E-state index contributed by atoms with van der Waals surface area (Å²) in [6.07, 6.45) is 0.516. The molecule has 1 fully saturated rings. The highest BCUT2D eigenvalue weighted by Gasteiger charge is 2.29. The van der Waals surface area contributed by atoms with Gasteiger partial charge >= 0.3 is 5.97 Å². The van der Waals surface area contributed by atoms with Crippen LogP contribution in [-0.2, 0) is 14.8 Å². The van der Waals surface area contributed by atoms with Crippen LogP contribution in [0.15, 0.2) is 18.2 Å². The van der Waals surface area contributed by atoms with Gasteiger partial charge in [-0.05, 0) is 51.0 Å². The van der Waals surface area contributed by atoms with Crippen molar-refractivity contribution in [3.8, 4) is 5.75 Å². The minimum absolute atomic E-state index is 0.0627. The number of anilines is 2. The predicted molar refractivity (Wildman–Crippen MR) is 108 cm³/mol. The number of carbonyl (C=O) groups excluding carboxylic acids is 2. The van der Waals surface area contributed by atoms with Gasteiger partial charge in [-0.15, -0.1) is 0 Å². The summed E-state index contributed by atoms with van der Waals surface area (Å²) in [6.45, 7) is 5.53. The number of aryl methyl sites for hydroxylation is 1. The van der Waals surface area contributed by atoms with Crippen LogP contribution in [0.25, 0.3) is 0 Å². The molecule has 1 saturated heterocycles. The molecular formula is C19H23N3O6S. The van der Waals surface area contributed by atoms with Crippen LogP contribution in [-0.4, -0.2) is 49.3 Å². The number of nitrogens with one attached hydrogen (secondary N) is 2. The smallest absolute Gasteiger partial charge is 0.340 e. The number of sulfonamides is 1. The third-order valence-electron chi connectivity index (χ3n) is 4.76. The highest BCUT2D eigenvalue weighted by Crippen LogP contribution is 2.32. The van der Waals surface area contributed by atoms with E-state index in [4.69, 9.17) is 4.74 Å². The lowest BCUT2D eigenvalue weighted by Gasteiger charge is -2.18. The van der Waals surface area contributed by atoms with Gasteiger partial charge < -0.3 is 20.1 Å². The van der Waals surface area contributed by atoms with E-state index < -0.39 is 21.9 Å². The average molecular weight is 421 g/mol. The molecule has 0 unspecified atom stereocenters. The van der Waals surface area contributed by atoms with Crippen LogP contribution < -0.4 is 9.62 Å². The standard InChI is InChI=1S/C19H23N3O6S/c1-4-28-19(25)16-11(2)17(20-12(16)3)18(24)21-14-10-13(6-7-15(14)23)22-8-5-9-29(22,26)27/h6-7,10,20,23H,4-5,8-9H2,1-3H3,(H,21,24). The minimum atomic E-state index is -3.39. The molecule has 1 aliphatic heterocycles. The van der Waals surface area contributed by atoms with Crippen LogP contribution >= 0.6 is 0 Å². The topological polar surface area (TPSA) is 129 Å². The number of phenolic OH excluding ortho intramolecular Hbond substituents is 1. The summed E-state index contributed by atoms with van der Waals surface area (Å²) in [5, 5.41) is 12.7. The maximum Gasteiger partial charge on any atom is 0.340 e. The van der Waals surface area contributed by atoms with Crippen LogP contribution in [0.5, 0.6) is 5.75 Å². The number of hydrogen-bond acceptors (Lipinski definition) is 6. The molecule has 0 aliphatic carbocycles. The van der Waals surface area contributed by atoms with Crippen molar-refractivity contribution in [2.24, 2.45) is 0 Å². The molecule has 1 aliphatic rings. The molecule has 10 heteroatoms. The highest BCUT2D eigenvalue weighted by atomic mass is 32.2. The second-order valence-electron chi connectivity index (χ2n) is 6.74. The Labute approximate surface area is 168 Å². The molecule has 3 N–H and O–H groups in total. The lowest BCUT2D eigenvalue weighted by atomic mass is 10.1. The predicted octanol–water partition coefficient (Wildman–Crippen LogP) is 2.31. The maximum atomic E-state index is 12.8. The maximum absolute atomic E-state index is 12.8. The van der Waals surface area contributed by atoms with E-state index in [1.807, 2.05) is 0 Å². The quantitative estimate of drug-likeness (QED) is 0.502. The van der Waals surface area contributed by atoms with Crippen molar-refractivity contribution in [1.29, 1.82) is 0 Å². The molecule has 0 spiro atoms. The molecule has 1 amide bonds. The van der Waals surface area contributed by atoms with E-state index in [0.29, 0.717) is 29.9 Å². The zero-order chi connectivity index (χ0) is 21.3. The summed E-state index contributed by atoms with van der Waals surface area (Å²) in [5.74, 6) is -1.24. The normalized spacial score (nSPS) is 15.3. The minimum Gasteiger partial charge on any atom is -0.506 e. The molecule has 156 valence electrons.